The molecule has 3 heteroatoms. The van der Waals surface area contributed by atoms with E-state index in [0.717, 1.165) is 32.4 Å². The summed E-state index contributed by atoms with van der Waals surface area (Å²) in [6.45, 7) is 6.28. The van der Waals surface area contributed by atoms with E-state index in [9.17, 15) is 4.39 Å². The number of ether oxygens (including phenoxy) is 1. The van der Waals surface area contributed by atoms with Crippen LogP contribution in [0.3, 0.4) is 0 Å². The van der Waals surface area contributed by atoms with E-state index in [2.05, 4.69) is 19.2 Å². The first-order valence-electron chi connectivity index (χ1n) is 7.28. The summed E-state index contributed by atoms with van der Waals surface area (Å²) in [7, 11) is 0. The number of hydrogen-bond acceptors (Lipinski definition) is 2. The van der Waals surface area contributed by atoms with Crippen LogP contribution in [0.5, 0.6) is 0 Å². The van der Waals surface area contributed by atoms with Gasteiger partial charge in [-0.1, -0.05) is 19.1 Å². The molecule has 1 aliphatic heterocycles. The van der Waals surface area contributed by atoms with Crippen molar-refractivity contribution in [3.05, 3.63) is 35.6 Å². The Morgan fingerprint density at radius 1 is 1.37 bits per heavy atom. The lowest BCUT2D eigenvalue weighted by Crippen LogP contribution is -2.35. The maximum Gasteiger partial charge on any atom is 0.123 e. The summed E-state index contributed by atoms with van der Waals surface area (Å²) in [5, 5.41) is 3.58. The van der Waals surface area contributed by atoms with Crippen molar-refractivity contribution < 1.29 is 9.13 Å². The number of nitrogens with one attached hydrogen (secondary N) is 1. The topological polar surface area (TPSA) is 21.3 Å². The summed E-state index contributed by atoms with van der Waals surface area (Å²) in [5.41, 5.74) is 1.18. The van der Waals surface area contributed by atoms with Crippen molar-refractivity contribution >= 4 is 0 Å². The predicted molar refractivity (Wildman–Crippen MR) is 75.7 cm³/mol. The minimum atomic E-state index is -0.168. The first-order valence-corrected chi connectivity index (χ1v) is 7.28. The van der Waals surface area contributed by atoms with Gasteiger partial charge in [0.2, 0.25) is 0 Å². The largest absolute Gasteiger partial charge is 0.378 e. The highest BCUT2D eigenvalue weighted by Crippen LogP contribution is 2.22. The highest BCUT2D eigenvalue weighted by molar-refractivity contribution is 5.16. The molecule has 0 amide bonds. The van der Waals surface area contributed by atoms with E-state index in [1.54, 1.807) is 0 Å². The SMILES string of the molecule is CCC1OCCC1CNC(C)Cc1ccc(F)cc1. The molecule has 0 radical (unpaired) electrons. The molecular weight excluding hydrogens is 241 g/mol. The average Bonchev–Trinajstić information content (AvgIpc) is 2.86. The highest BCUT2D eigenvalue weighted by Gasteiger charge is 2.26. The molecule has 1 aliphatic rings. The van der Waals surface area contributed by atoms with E-state index < -0.39 is 0 Å². The van der Waals surface area contributed by atoms with Gasteiger partial charge >= 0.3 is 0 Å². The molecule has 0 aromatic heterocycles. The fraction of sp³-hybridized carbons (Fsp3) is 0.625. The Morgan fingerprint density at radius 3 is 2.79 bits per heavy atom. The molecule has 2 nitrogen and oxygen atoms in total. The third-order valence-corrected chi connectivity index (χ3v) is 3.93. The normalized spacial score (nSPS) is 24.6. The van der Waals surface area contributed by atoms with E-state index >= 15 is 0 Å². The number of hydrogen-bond donors (Lipinski definition) is 1. The number of halogens is 1. The molecule has 3 atom stereocenters. The molecular formula is C16H24FNO. The summed E-state index contributed by atoms with van der Waals surface area (Å²) >= 11 is 0. The molecule has 0 saturated carbocycles. The van der Waals surface area contributed by atoms with Gasteiger partial charge in [0.15, 0.2) is 0 Å². The zero-order chi connectivity index (χ0) is 13.7. The van der Waals surface area contributed by atoms with Gasteiger partial charge in [-0.15, -0.1) is 0 Å². The monoisotopic (exact) mass is 265 g/mol. The first kappa shape index (κ1) is 14.5. The fourth-order valence-corrected chi connectivity index (χ4v) is 2.78. The summed E-state index contributed by atoms with van der Waals surface area (Å²) < 4.78 is 18.5. The quantitative estimate of drug-likeness (QED) is 0.853. The lowest BCUT2D eigenvalue weighted by atomic mass is 9.98. The summed E-state index contributed by atoms with van der Waals surface area (Å²) in [6.07, 6.45) is 3.61. The maximum atomic E-state index is 12.8. The summed E-state index contributed by atoms with van der Waals surface area (Å²) in [4.78, 5) is 0. The smallest absolute Gasteiger partial charge is 0.123 e. The van der Waals surface area contributed by atoms with Crippen LogP contribution in [0, 0.1) is 11.7 Å². The Bertz CT molecular complexity index is 379. The Morgan fingerprint density at radius 2 is 2.11 bits per heavy atom. The van der Waals surface area contributed by atoms with Crippen molar-refractivity contribution in [3.63, 3.8) is 0 Å². The van der Waals surface area contributed by atoms with E-state index in [-0.39, 0.29) is 5.82 Å². The van der Waals surface area contributed by atoms with Gasteiger partial charge in [-0.2, -0.15) is 0 Å². The van der Waals surface area contributed by atoms with Crippen LogP contribution in [-0.4, -0.2) is 25.3 Å². The molecule has 1 heterocycles. The van der Waals surface area contributed by atoms with E-state index in [1.165, 1.54) is 17.7 Å². The average molecular weight is 265 g/mol. The second kappa shape index (κ2) is 7.01. The molecule has 19 heavy (non-hydrogen) atoms. The number of benzene rings is 1. The molecule has 106 valence electrons. The minimum Gasteiger partial charge on any atom is -0.378 e. The van der Waals surface area contributed by atoms with Gasteiger partial charge in [-0.3, -0.25) is 0 Å². The van der Waals surface area contributed by atoms with Crippen LogP contribution in [0.1, 0.15) is 32.3 Å². The second-order valence-electron chi connectivity index (χ2n) is 5.51. The van der Waals surface area contributed by atoms with Crippen LogP contribution in [0.25, 0.3) is 0 Å². The standard InChI is InChI=1S/C16H24FNO/c1-3-16-14(8-9-19-16)11-18-12(2)10-13-4-6-15(17)7-5-13/h4-7,12,14,16,18H,3,8-11H2,1-2H3. The molecule has 3 unspecified atom stereocenters. The van der Waals surface area contributed by atoms with Crippen molar-refractivity contribution in [2.75, 3.05) is 13.2 Å². The van der Waals surface area contributed by atoms with Crippen molar-refractivity contribution in [2.45, 2.75) is 45.3 Å². The molecule has 1 N–H and O–H groups in total. The third kappa shape index (κ3) is 4.29. The number of rotatable bonds is 6. The highest BCUT2D eigenvalue weighted by atomic mass is 19.1. The molecule has 0 bridgehead atoms. The molecule has 1 aromatic rings. The van der Waals surface area contributed by atoms with Gasteiger partial charge in [0.1, 0.15) is 5.82 Å². The first-order chi connectivity index (χ1) is 9.19. The van der Waals surface area contributed by atoms with Gasteiger partial charge in [-0.25, -0.2) is 4.39 Å². The maximum absolute atomic E-state index is 12.8. The van der Waals surface area contributed by atoms with Gasteiger partial charge in [-0.05, 0) is 49.8 Å². The molecule has 0 spiro atoms. The van der Waals surface area contributed by atoms with Gasteiger partial charge in [0.05, 0.1) is 6.10 Å². The van der Waals surface area contributed by atoms with E-state index in [1.807, 2.05) is 12.1 Å². The predicted octanol–water partition coefficient (Wildman–Crippen LogP) is 3.16. The molecule has 1 fully saturated rings. The van der Waals surface area contributed by atoms with E-state index in [0.29, 0.717) is 18.1 Å². The van der Waals surface area contributed by atoms with Crippen LogP contribution < -0.4 is 5.32 Å². The molecule has 1 saturated heterocycles. The van der Waals surface area contributed by atoms with Gasteiger partial charge < -0.3 is 10.1 Å². The zero-order valence-electron chi connectivity index (χ0n) is 11.9. The second-order valence-corrected chi connectivity index (χ2v) is 5.51. The van der Waals surface area contributed by atoms with Crippen molar-refractivity contribution in [1.29, 1.82) is 0 Å². The Labute approximate surface area is 115 Å². The van der Waals surface area contributed by atoms with Crippen LogP contribution in [0.2, 0.25) is 0 Å². The molecule has 0 aliphatic carbocycles. The van der Waals surface area contributed by atoms with E-state index in [4.69, 9.17) is 4.74 Å². The van der Waals surface area contributed by atoms with Gasteiger partial charge in [0.25, 0.3) is 0 Å². The lowest BCUT2D eigenvalue weighted by molar-refractivity contribution is 0.0867. The fourth-order valence-electron chi connectivity index (χ4n) is 2.78. The Hall–Kier alpha value is -0.930. The zero-order valence-corrected chi connectivity index (χ0v) is 11.9. The van der Waals surface area contributed by atoms with Crippen molar-refractivity contribution in [3.8, 4) is 0 Å². The molecule has 2 rings (SSSR count). The van der Waals surface area contributed by atoms with Crippen LogP contribution >= 0.6 is 0 Å². The van der Waals surface area contributed by atoms with Crippen molar-refractivity contribution in [2.24, 2.45) is 5.92 Å². The summed E-state index contributed by atoms with van der Waals surface area (Å²) in [6, 6.07) is 7.19. The van der Waals surface area contributed by atoms with Crippen LogP contribution in [0.4, 0.5) is 4.39 Å². The van der Waals surface area contributed by atoms with Gasteiger partial charge in [0, 0.05) is 19.2 Å². The minimum absolute atomic E-state index is 0.168. The lowest BCUT2D eigenvalue weighted by Gasteiger charge is -2.20. The Balaban J connectivity index is 1.75. The molecule has 1 aromatic carbocycles. The third-order valence-electron chi connectivity index (χ3n) is 3.93. The summed E-state index contributed by atoms with van der Waals surface area (Å²) in [5.74, 6) is 0.471. The Kier molecular flexibility index (Phi) is 5.34. The van der Waals surface area contributed by atoms with Crippen LogP contribution in [0.15, 0.2) is 24.3 Å². The van der Waals surface area contributed by atoms with Crippen LogP contribution in [-0.2, 0) is 11.2 Å². The van der Waals surface area contributed by atoms with Crippen molar-refractivity contribution in [1.82, 2.24) is 5.32 Å².